The maximum atomic E-state index is 12.5. The molecule has 3 amide bonds. The maximum absolute atomic E-state index is 12.5. The molecule has 2 rings (SSSR count). The van der Waals surface area contributed by atoms with Crippen molar-refractivity contribution in [1.29, 1.82) is 0 Å². The summed E-state index contributed by atoms with van der Waals surface area (Å²) < 4.78 is 4.93. The van der Waals surface area contributed by atoms with E-state index in [-0.39, 0.29) is 23.6 Å². The fourth-order valence-electron chi connectivity index (χ4n) is 2.76. The molecule has 0 saturated carbocycles. The molecule has 1 saturated heterocycles. The van der Waals surface area contributed by atoms with E-state index in [1.165, 1.54) is 0 Å². The third-order valence-electron chi connectivity index (χ3n) is 4.46. The number of nitrogens with zero attached hydrogens (tertiary/aromatic N) is 2. The van der Waals surface area contributed by atoms with Crippen molar-refractivity contribution < 1.29 is 18.9 Å². The topological polar surface area (TPSA) is 105 Å². The third kappa shape index (κ3) is 5.06. The minimum Gasteiger partial charge on any atom is -0.360 e. The van der Waals surface area contributed by atoms with Crippen LogP contribution in [0, 0.1) is 18.3 Å². The monoisotopic (exact) mass is 364 g/mol. The highest BCUT2D eigenvalue weighted by Gasteiger charge is 2.31. The normalized spacial score (nSPS) is 16.9. The van der Waals surface area contributed by atoms with E-state index in [1.807, 2.05) is 0 Å². The van der Waals surface area contributed by atoms with Crippen molar-refractivity contribution in [3.63, 3.8) is 0 Å². The van der Waals surface area contributed by atoms with E-state index in [2.05, 4.69) is 15.8 Å². The van der Waals surface area contributed by atoms with E-state index < -0.39 is 11.5 Å². The largest absolute Gasteiger partial charge is 0.360 e. The lowest BCUT2D eigenvalue weighted by Gasteiger charge is -2.33. The molecule has 0 spiro atoms. The van der Waals surface area contributed by atoms with Gasteiger partial charge in [0.1, 0.15) is 11.8 Å². The maximum Gasteiger partial charge on any atom is 0.244 e. The number of rotatable bonds is 4. The molecule has 1 aromatic heterocycles. The molecule has 0 radical (unpaired) electrons. The van der Waals surface area contributed by atoms with Crippen molar-refractivity contribution in [2.24, 2.45) is 11.3 Å². The Morgan fingerprint density at radius 3 is 2.38 bits per heavy atom. The van der Waals surface area contributed by atoms with Crippen LogP contribution < -0.4 is 10.6 Å². The van der Waals surface area contributed by atoms with Gasteiger partial charge in [-0.05, 0) is 26.7 Å². The number of amides is 3. The molecule has 1 unspecified atom stereocenters. The number of hydrogen-bond donors (Lipinski definition) is 2. The van der Waals surface area contributed by atoms with Crippen LogP contribution in [0.3, 0.4) is 0 Å². The van der Waals surface area contributed by atoms with Crippen molar-refractivity contribution in [3.8, 4) is 0 Å². The average Bonchev–Trinajstić information content (AvgIpc) is 2.98. The molecule has 1 fully saturated rings. The van der Waals surface area contributed by atoms with E-state index in [1.54, 1.807) is 45.6 Å². The Morgan fingerprint density at radius 1 is 1.27 bits per heavy atom. The third-order valence-corrected chi connectivity index (χ3v) is 4.46. The van der Waals surface area contributed by atoms with Gasteiger partial charge in [-0.15, -0.1) is 0 Å². The van der Waals surface area contributed by atoms with Gasteiger partial charge in [0.05, 0.1) is 0 Å². The summed E-state index contributed by atoms with van der Waals surface area (Å²) in [4.78, 5) is 38.5. The lowest BCUT2D eigenvalue weighted by molar-refractivity contribution is -0.139. The molecule has 0 aliphatic carbocycles. The molecule has 26 heavy (non-hydrogen) atoms. The molecule has 0 aromatic carbocycles. The molecule has 2 N–H and O–H groups in total. The van der Waals surface area contributed by atoms with Crippen LogP contribution in [0.1, 0.15) is 46.3 Å². The summed E-state index contributed by atoms with van der Waals surface area (Å²) in [6.45, 7) is 9.85. The number of aromatic nitrogens is 1. The standard InChI is InChI=1S/C18H28N4O4/c1-11-10-14(21-26-11)20-15(23)13-6-8-22(9-7-13)16(24)12(2)19-17(25)18(3,4)5/h10,12-13H,6-9H2,1-5H3,(H,19,25)(H,20,21,23). The van der Waals surface area contributed by atoms with Crippen molar-refractivity contribution in [2.75, 3.05) is 18.4 Å². The van der Waals surface area contributed by atoms with Gasteiger partial charge in [0, 0.05) is 30.5 Å². The van der Waals surface area contributed by atoms with E-state index in [0.29, 0.717) is 37.5 Å². The summed E-state index contributed by atoms with van der Waals surface area (Å²) >= 11 is 0. The first kappa shape index (κ1) is 19.9. The summed E-state index contributed by atoms with van der Waals surface area (Å²) in [5.41, 5.74) is -0.543. The van der Waals surface area contributed by atoms with Gasteiger partial charge in [-0.1, -0.05) is 25.9 Å². The van der Waals surface area contributed by atoms with Crippen molar-refractivity contribution in [3.05, 3.63) is 11.8 Å². The van der Waals surface area contributed by atoms with Crippen molar-refractivity contribution in [1.82, 2.24) is 15.4 Å². The SMILES string of the molecule is Cc1cc(NC(=O)C2CCN(C(=O)C(C)NC(=O)C(C)(C)C)CC2)no1. The Labute approximate surface area is 153 Å². The Morgan fingerprint density at radius 2 is 1.88 bits per heavy atom. The van der Waals surface area contributed by atoms with Gasteiger partial charge in [0.2, 0.25) is 17.7 Å². The van der Waals surface area contributed by atoms with Gasteiger partial charge in [-0.25, -0.2) is 0 Å². The van der Waals surface area contributed by atoms with Crippen LogP contribution in [0.5, 0.6) is 0 Å². The highest BCUT2D eigenvalue weighted by molar-refractivity contribution is 5.92. The van der Waals surface area contributed by atoms with Crippen LogP contribution in [0.4, 0.5) is 5.82 Å². The van der Waals surface area contributed by atoms with E-state index in [4.69, 9.17) is 4.52 Å². The Bertz CT molecular complexity index is 669. The molecule has 144 valence electrons. The minimum absolute atomic E-state index is 0.112. The average molecular weight is 364 g/mol. The number of carbonyl (C=O) groups is 3. The minimum atomic E-state index is -0.579. The molecule has 0 bridgehead atoms. The Hall–Kier alpha value is -2.38. The lowest BCUT2D eigenvalue weighted by atomic mass is 9.94. The molecule has 1 aliphatic heterocycles. The van der Waals surface area contributed by atoms with Crippen LogP contribution in [0.15, 0.2) is 10.6 Å². The second-order valence-corrected chi connectivity index (χ2v) is 7.86. The molecule has 8 nitrogen and oxygen atoms in total. The number of aryl methyl sites for hydroxylation is 1. The first-order valence-corrected chi connectivity index (χ1v) is 8.92. The highest BCUT2D eigenvalue weighted by atomic mass is 16.5. The van der Waals surface area contributed by atoms with Gasteiger partial charge in [0.25, 0.3) is 0 Å². The summed E-state index contributed by atoms with van der Waals surface area (Å²) in [6, 6.07) is 1.08. The summed E-state index contributed by atoms with van der Waals surface area (Å²) in [5.74, 6) is 0.482. The zero-order valence-electron chi connectivity index (χ0n) is 16.1. The van der Waals surface area contributed by atoms with Crippen LogP contribution in [-0.4, -0.2) is 46.9 Å². The van der Waals surface area contributed by atoms with Crippen LogP contribution in [-0.2, 0) is 14.4 Å². The number of piperidine rings is 1. The summed E-state index contributed by atoms with van der Waals surface area (Å²) in [7, 11) is 0. The number of hydrogen-bond acceptors (Lipinski definition) is 5. The number of carbonyl (C=O) groups excluding carboxylic acids is 3. The first-order chi connectivity index (χ1) is 12.1. The smallest absolute Gasteiger partial charge is 0.244 e. The zero-order chi connectivity index (χ0) is 19.5. The van der Waals surface area contributed by atoms with E-state index in [0.717, 1.165) is 0 Å². The zero-order valence-corrected chi connectivity index (χ0v) is 16.1. The molecular weight excluding hydrogens is 336 g/mol. The van der Waals surface area contributed by atoms with Gasteiger partial charge >= 0.3 is 0 Å². The molecule has 8 heteroatoms. The predicted molar refractivity (Wildman–Crippen MR) is 96.2 cm³/mol. The van der Waals surface area contributed by atoms with E-state index in [9.17, 15) is 14.4 Å². The fourth-order valence-corrected chi connectivity index (χ4v) is 2.76. The quantitative estimate of drug-likeness (QED) is 0.846. The van der Waals surface area contributed by atoms with Crippen molar-refractivity contribution in [2.45, 2.75) is 53.5 Å². The fraction of sp³-hybridized carbons (Fsp3) is 0.667. The predicted octanol–water partition coefficient (Wildman–Crippen LogP) is 1.71. The number of likely N-dealkylation sites (tertiary alicyclic amines) is 1. The lowest BCUT2D eigenvalue weighted by Crippen LogP contribution is -2.52. The molecular formula is C18H28N4O4. The van der Waals surface area contributed by atoms with Gasteiger partial charge in [-0.2, -0.15) is 0 Å². The number of anilines is 1. The highest BCUT2D eigenvalue weighted by Crippen LogP contribution is 2.20. The van der Waals surface area contributed by atoms with Crippen molar-refractivity contribution >= 4 is 23.5 Å². The van der Waals surface area contributed by atoms with Crippen LogP contribution in [0.2, 0.25) is 0 Å². The molecule has 1 atom stereocenters. The van der Waals surface area contributed by atoms with Crippen LogP contribution >= 0.6 is 0 Å². The van der Waals surface area contributed by atoms with Crippen LogP contribution in [0.25, 0.3) is 0 Å². The first-order valence-electron chi connectivity index (χ1n) is 8.92. The molecule has 1 aliphatic rings. The second-order valence-electron chi connectivity index (χ2n) is 7.86. The summed E-state index contributed by atoms with van der Waals surface area (Å²) in [5, 5.41) is 9.25. The van der Waals surface area contributed by atoms with Gasteiger partial charge in [0.15, 0.2) is 5.82 Å². The Balaban J connectivity index is 1.82. The Kier molecular flexibility index (Phi) is 6.05. The second kappa shape index (κ2) is 7.88. The van der Waals surface area contributed by atoms with Gasteiger partial charge < -0.3 is 20.1 Å². The van der Waals surface area contributed by atoms with Gasteiger partial charge in [-0.3, -0.25) is 14.4 Å². The molecule has 2 heterocycles. The number of nitrogens with one attached hydrogen (secondary N) is 2. The molecule has 1 aromatic rings. The van der Waals surface area contributed by atoms with E-state index >= 15 is 0 Å². The summed E-state index contributed by atoms with van der Waals surface area (Å²) in [6.07, 6.45) is 1.16.